The number of nitrogens with zero attached hydrogens (tertiary/aromatic N) is 1. The zero-order valence-corrected chi connectivity index (χ0v) is 17.3. The highest BCUT2D eigenvalue weighted by Crippen LogP contribution is 2.14. The lowest BCUT2D eigenvalue weighted by Crippen LogP contribution is -2.44. The zero-order chi connectivity index (χ0) is 15.8. The van der Waals surface area contributed by atoms with Crippen LogP contribution in [0.4, 0.5) is 0 Å². The number of carbonyl (C=O) groups excluding carboxylic acids is 2. The number of halogens is 4. The monoisotopic (exact) mass is 557 g/mol. The molecule has 1 heterocycles. The van der Waals surface area contributed by atoms with E-state index in [4.69, 9.17) is 14.2 Å². The van der Waals surface area contributed by atoms with Crippen molar-refractivity contribution >= 4 is 75.7 Å². The quantitative estimate of drug-likeness (QED) is 0.351. The van der Waals surface area contributed by atoms with Crippen LogP contribution in [0.25, 0.3) is 0 Å². The first-order valence-corrected chi connectivity index (χ1v) is 9.80. The number of esters is 2. The standard InChI is InChI=1S/C11H15Br4NO5/c12-8(13)10(17)20-6-7(21-11(18)9(14)15)5-16-1-3-19-4-2-16/h7-9H,1-6H2. The molecule has 1 fully saturated rings. The van der Waals surface area contributed by atoms with Gasteiger partial charge in [-0.25, -0.2) is 9.59 Å². The Kier molecular flexibility index (Phi) is 9.95. The highest BCUT2D eigenvalue weighted by atomic mass is 79.9. The van der Waals surface area contributed by atoms with Crippen molar-refractivity contribution in [3.05, 3.63) is 0 Å². The predicted octanol–water partition coefficient (Wildman–Crippen LogP) is 2.01. The van der Waals surface area contributed by atoms with Crippen LogP contribution in [-0.4, -0.2) is 69.9 Å². The number of ether oxygens (including phenoxy) is 3. The Morgan fingerprint density at radius 3 is 2.14 bits per heavy atom. The van der Waals surface area contributed by atoms with Gasteiger partial charge in [0.2, 0.25) is 0 Å². The summed E-state index contributed by atoms with van der Waals surface area (Å²) < 4.78 is 14.5. The van der Waals surface area contributed by atoms with Crippen molar-refractivity contribution in [1.29, 1.82) is 0 Å². The van der Waals surface area contributed by atoms with Gasteiger partial charge in [0.1, 0.15) is 12.7 Å². The van der Waals surface area contributed by atoms with Crippen molar-refractivity contribution in [3.63, 3.8) is 0 Å². The van der Waals surface area contributed by atoms with Crippen molar-refractivity contribution in [2.45, 2.75) is 13.6 Å². The summed E-state index contributed by atoms with van der Waals surface area (Å²) in [5.74, 6) is -0.925. The summed E-state index contributed by atoms with van der Waals surface area (Å²) in [5, 5.41) is 0. The van der Waals surface area contributed by atoms with E-state index in [0.29, 0.717) is 19.8 Å². The second-order valence-corrected chi connectivity index (χ2v) is 10.3. The fourth-order valence-electron chi connectivity index (χ4n) is 1.65. The van der Waals surface area contributed by atoms with Gasteiger partial charge in [0.05, 0.1) is 13.2 Å². The second-order valence-electron chi connectivity index (χ2n) is 4.20. The lowest BCUT2D eigenvalue weighted by molar-refractivity contribution is -0.157. The van der Waals surface area contributed by atoms with E-state index in [9.17, 15) is 9.59 Å². The first-order valence-electron chi connectivity index (χ1n) is 6.13. The highest BCUT2D eigenvalue weighted by molar-refractivity contribution is 9.25. The van der Waals surface area contributed by atoms with Crippen molar-refractivity contribution in [2.24, 2.45) is 0 Å². The SMILES string of the molecule is O=C(OCC(CN1CCOCC1)OC(=O)C(Br)Br)C(Br)Br. The third kappa shape index (κ3) is 8.26. The molecule has 1 aliphatic heterocycles. The number of carbonyl (C=O) groups is 2. The molecule has 1 saturated heterocycles. The summed E-state index contributed by atoms with van der Waals surface area (Å²) in [6, 6.07) is 0. The van der Waals surface area contributed by atoms with Gasteiger partial charge in [-0.3, -0.25) is 4.90 Å². The molecular formula is C11H15Br4NO5. The van der Waals surface area contributed by atoms with Crippen LogP contribution >= 0.6 is 63.7 Å². The summed E-state index contributed by atoms with van der Waals surface area (Å²) in [6.45, 7) is 3.30. The Balaban J connectivity index is 2.51. The molecular weight excluding hydrogens is 546 g/mol. The first kappa shape index (κ1) is 19.8. The molecule has 0 aliphatic carbocycles. The maximum atomic E-state index is 11.7. The van der Waals surface area contributed by atoms with Gasteiger partial charge in [-0.15, -0.1) is 0 Å². The van der Waals surface area contributed by atoms with Gasteiger partial charge >= 0.3 is 11.9 Å². The minimum absolute atomic E-state index is 0.00233. The molecule has 0 bridgehead atoms. The summed E-state index contributed by atoms with van der Waals surface area (Å²) in [4.78, 5) is 25.2. The fourth-order valence-corrected chi connectivity index (χ4v) is 2.13. The van der Waals surface area contributed by atoms with E-state index in [1.807, 2.05) is 0 Å². The molecule has 6 nitrogen and oxygen atoms in total. The van der Waals surface area contributed by atoms with Crippen molar-refractivity contribution in [2.75, 3.05) is 39.5 Å². The average molecular weight is 561 g/mol. The molecule has 0 saturated carbocycles. The van der Waals surface area contributed by atoms with Crippen LogP contribution in [0.2, 0.25) is 0 Å². The Bertz CT molecular complexity index is 350. The van der Waals surface area contributed by atoms with Crippen molar-refractivity contribution < 1.29 is 23.8 Å². The molecule has 122 valence electrons. The molecule has 1 unspecified atom stereocenters. The molecule has 1 atom stereocenters. The Morgan fingerprint density at radius 2 is 1.62 bits per heavy atom. The third-order valence-electron chi connectivity index (χ3n) is 2.62. The average Bonchev–Trinajstić information content (AvgIpc) is 2.45. The van der Waals surface area contributed by atoms with E-state index in [0.717, 1.165) is 13.1 Å². The van der Waals surface area contributed by atoms with E-state index in [1.165, 1.54) is 0 Å². The van der Waals surface area contributed by atoms with Gasteiger partial charge in [0.15, 0.2) is 7.47 Å². The van der Waals surface area contributed by atoms with Crippen LogP contribution in [0.3, 0.4) is 0 Å². The number of hydrogen-bond donors (Lipinski definition) is 0. The minimum atomic E-state index is -0.590. The largest absolute Gasteiger partial charge is 0.460 e. The molecule has 0 N–H and O–H groups in total. The highest BCUT2D eigenvalue weighted by Gasteiger charge is 2.25. The number of hydrogen-bond acceptors (Lipinski definition) is 6. The predicted molar refractivity (Wildman–Crippen MR) is 91.4 cm³/mol. The van der Waals surface area contributed by atoms with Gasteiger partial charge in [-0.05, 0) is 0 Å². The smallest absolute Gasteiger partial charge is 0.331 e. The second kappa shape index (κ2) is 10.5. The molecule has 21 heavy (non-hydrogen) atoms. The zero-order valence-electron chi connectivity index (χ0n) is 11.0. The molecule has 0 amide bonds. The summed E-state index contributed by atoms with van der Waals surface area (Å²) >= 11 is 12.3. The summed E-state index contributed by atoms with van der Waals surface area (Å²) in [5.41, 5.74) is 0. The normalized spacial score (nSPS) is 17.8. The fraction of sp³-hybridized carbons (Fsp3) is 0.818. The van der Waals surface area contributed by atoms with E-state index in [-0.39, 0.29) is 6.61 Å². The van der Waals surface area contributed by atoms with Crippen molar-refractivity contribution in [1.82, 2.24) is 4.90 Å². The van der Waals surface area contributed by atoms with Crippen LogP contribution < -0.4 is 0 Å². The lowest BCUT2D eigenvalue weighted by atomic mass is 10.3. The van der Waals surface area contributed by atoms with Crippen molar-refractivity contribution in [3.8, 4) is 0 Å². The minimum Gasteiger partial charge on any atom is -0.460 e. The maximum Gasteiger partial charge on any atom is 0.331 e. The summed E-state index contributed by atoms with van der Waals surface area (Å²) in [7, 11) is 0. The number of alkyl halides is 4. The third-order valence-corrected chi connectivity index (χ3v) is 4.11. The van der Waals surface area contributed by atoms with E-state index in [2.05, 4.69) is 68.6 Å². The molecule has 0 aromatic rings. The molecule has 0 spiro atoms. The Labute approximate surface area is 156 Å². The van der Waals surface area contributed by atoms with Crippen LogP contribution in [0.5, 0.6) is 0 Å². The van der Waals surface area contributed by atoms with E-state index >= 15 is 0 Å². The van der Waals surface area contributed by atoms with Gasteiger partial charge in [-0.1, -0.05) is 63.7 Å². The van der Waals surface area contributed by atoms with Crippen LogP contribution in [-0.2, 0) is 23.8 Å². The molecule has 0 aromatic carbocycles. The van der Waals surface area contributed by atoms with Gasteiger partial charge in [-0.2, -0.15) is 0 Å². The van der Waals surface area contributed by atoms with Gasteiger partial charge in [0.25, 0.3) is 0 Å². The molecule has 1 aliphatic rings. The first-order chi connectivity index (χ1) is 9.90. The van der Waals surface area contributed by atoms with E-state index < -0.39 is 25.5 Å². The van der Waals surface area contributed by atoms with Crippen LogP contribution in [0, 0.1) is 0 Å². The summed E-state index contributed by atoms with van der Waals surface area (Å²) in [6.07, 6.45) is -0.532. The molecule has 0 aromatic heterocycles. The molecule has 1 rings (SSSR count). The van der Waals surface area contributed by atoms with Gasteiger partial charge in [0, 0.05) is 19.6 Å². The maximum absolute atomic E-state index is 11.7. The topological polar surface area (TPSA) is 65.1 Å². The lowest BCUT2D eigenvalue weighted by Gasteiger charge is -2.30. The Morgan fingerprint density at radius 1 is 1.05 bits per heavy atom. The Hall–Kier alpha value is 0.780. The van der Waals surface area contributed by atoms with Crippen LogP contribution in [0.15, 0.2) is 0 Å². The number of rotatable bonds is 7. The molecule has 0 radical (unpaired) electrons. The molecule has 10 heteroatoms. The van der Waals surface area contributed by atoms with E-state index in [1.54, 1.807) is 0 Å². The van der Waals surface area contributed by atoms with Gasteiger partial charge < -0.3 is 14.2 Å². The number of morpholine rings is 1. The van der Waals surface area contributed by atoms with Crippen LogP contribution in [0.1, 0.15) is 0 Å².